The van der Waals surface area contributed by atoms with Crippen LogP contribution in [0.2, 0.25) is 5.23 Å². The van der Waals surface area contributed by atoms with Crippen molar-refractivity contribution in [3.05, 3.63) is 20.6 Å². The van der Waals surface area contributed by atoms with Crippen molar-refractivity contribution in [3.63, 3.8) is 0 Å². The summed E-state index contributed by atoms with van der Waals surface area (Å²) >= 11 is -4.03. The Morgan fingerprint density at radius 3 is 1.68 bits per heavy atom. The first-order valence-corrected chi connectivity index (χ1v) is 10.4. The van der Waals surface area contributed by atoms with Crippen molar-refractivity contribution in [2.75, 3.05) is 0 Å². The van der Waals surface area contributed by atoms with Gasteiger partial charge in [-0.2, -0.15) is 0 Å². The Kier molecular flexibility index (Phi) is 5.13. The molecule has 0 saturated heterocycles. The summed E-state index contributed by atoms with van der Waals surface area (Å²) < 4.78 is 11.7. The van der Waals surface area contributed by atoms with Crippen LogP contribution in [0, 0.1) is 30.1 Å². The minimum atomic E-state index is -4.03. The van der Waals surface area contributed by atoms with Crippen molar-refractivity contribution < 1.29 is 33.6 Å². The summed E-state index contributed by atoms with van der Waals surface area (Å²) in [6.45, 7) is 9.96. The Balaban J connectivity index is 3.48. The molecule has 0 bridgehead atoms. The third-order valence-corrected chi connectivity index (χ3v) is 9.10. The van der Waals surface area contributed by atoms with Crippen molar-refractivity contribution >= 4 is 11.9 Å². The molecule has 0 aliphatic heterocycles. The van der Waals surface area contributed by atoms with Gasteiger partial charge in [0.15, 0.2) is 0 Å². The molecular weight excluding hydrogens is 316 g/mol. The zero-order valence-electron chi connectivity index (χ0n) is 13.8. The van der Waals surface area contributed by atoms with Crippen LogP contribution >= 0.6 is 0 Å². The maximum atomic E-state index is 11.6. The van der Waals surface area contributed by atoms with Crippen LogP contribution in [0.3, 0.4) is 0 Å². The topological polar surface area (TPSA) is 52.6 Å². The predicted molar refractivity (Wildman–Crippen MR) is 80.6 cm³/mol. The van der Waals surface area contributed by atoms with E-state index in [-0.39, 0.29) is 5.41 Å². The number of hydrogen-bond acceptors (Lipinski definition) is 4. The molecule has 0 heterocycles. The normalized spacial score (nSPS) is 16.9. The van der Waals surface area contributed by atoms with Crippen LogP contribution in [0.4, 0.5) is 0 Å². The van der Waals surface area contributed by atoms with Crippen LogP contribution < -0.4 is 0 Å². The summed E-state index contributed by atoms with van der Waals surface area (Å²) in [6, 6.07) is 0. The molecule has 0 aromatic heterocycles. The van der Waals surface area contributed by atoms with E-state index in [4.69, 9.17) is 19.5 Å². The molecule has 5 heteroatoms. The molecule has 4 nitrogen and oxygen atoms in total. The first kappa shape index (κ1) is 18.3. The molecule has 0 aromatic rings. The van der Waals surface area contributed by atoms with Crippen LogP contribution in [0.25, 0.3) is 0 Å². The molecule has 0 unspecified atom stereocenters. The number of hydrogen-bond donors (Lipinski definition) is 0. The Morgan fingerprint density at radius 1 is 1.00 bits per heavy atom. The van der Waals surface area contributed by atoms with E-state index in [2.05, 4.69) is 0 Å². The van der Waals surface area contributed by atoms with E-state index < -0.39 is 29.3 Å². The summed E-state index contributed by atoms with van der Waals surface area (Å²) in [5.41, 5.74) is 2.84. The van der Waals surface area contributed by atoms with Crippen molar-refractivity contribution in [1.82, 2.24) is 0 Å². The zero-order chi connectivity index (χ0) is 17.3. The molecule has 0 N–H and O–H groups in total. The van der Waals surface area contributed by atoms with Crippen molar-refractivity contribution in [3.8, 4) is 24.7 Å². The Bertz CT molecular complexity index is 652. The molecule has 0 amide bonds. The zero-order valence-corrected chi connectivity index (χ0v) is 15.3. The number of carbonyl (C=O) groups excluding carboxylic acids is 2. The molecule has 0 fully saturated rings. The molecule has 22 heavy (non-hydrogen) atoms. The Morgan fingerprint density at radius 2 is 1.41 bits per heavy atom. The molecule has 0 atom stereocenters. The SMILES string of the molecule is C#CC(=O)[O][Ti]([CH3])([O]C(=O)C#C)[C]1=C(C)C(C)=C(C)C1(C)C. The minimum absolute atomic E-state index is 0.382. The average Bonchev–Trinajstić information content (AvgIpc) is 2.58. The number of allylic oxidation sites excluding steroid dienone is 4. The Labute approximate surface area is 136 Å². The number of terminal acetylenes is 2. The van der Waals surface area contributed by atoms with Gasteiger partial charge in [0.05, 0.1) is 0 Å². The summed E-state index contributed by atoms with van der Waals surface area (Å²) in [6.07, 6.45) is 10.2. The van der Waals surface area contributed by atoms with Gasteiger partial charge in [-0.1, -0.05) is 0 Å². The van der Waals surface area contributed by atoms with Gasteiger partial charge < -0.3 is 0 Å². The van der Waals surface area contributed by atoms with Crippen LogP contribution in [0.1, 0.15) is 34.6 Å². The van der Waals surface area contributed by atoms with Crippen molar-refractivity contribution in [2.24, 2.45) is 5.41 Å². The fourth-order valence-electron chi connectivity index (χ4n) is 3.04. The molecule has 1 rings (SSSR count). The summed E-state index contributed by atoms with van der Waals surface area (Å²) in [4.78, 5) is 23.3. The number of rotatable bonds is 3. The maximum absolute atomic E-state index is 11.6. The third-order valence-electron chi connectivity index (χ3n) is 4.33. The summed E-state index contributed by atoms with van der Waals surface area (Å²) in [5, 5.41) is 1.66. The van der Waals surface area contributed by atoms with Gasteiger partial charge in [-0.3, -0.25) is 0 Å². The van der Waals surface area contributed by atoms with E-state index in [1.807, 2.05) is 46.5 Å². The van der Waals surface area contributed by atoms with E-state index in [0.29, 0.717) is 0 Å². The second-order valence-corrected chi connectivity index (χ2v) is 10.3. The van der Waals surface area contributed by atoms with Crippen molar-refractivity contribution in [1.29, 1.82) is 0 Å². The first-order chi connectivity index (χ1) is 10.0. The molecule has 0 saturated carbocycles. The van der Waals surface area contributed by atoms with Gasteiger partial charge in [0, 0.05) is 0 Å². The molecule has 116 valence electrons. The second kappa shape index (κ2) is 6.17. The Hall–Kier alpha value is -1.75. The van der Waals surface area contributed by atoms with E-state index in [1.54, 1.807) is 5.23 Å². The molecule has 0 radical (unpaired) electrons. The van der Waals surface area contributed by atoms with Crippen LogP contribution in [0.5, 0.6) is 0 Å². The molecular formula is C17H20O4Ti. The predicted octanol–water partition coefficient (Wildman–Crippen LogP) is 3.02. The van der Waals surface area contributed by atoms with Crippen LogP contribution in [0.15, 0.2) is 20.6 Å². The van der Waals surface area contributed by atoms with Gasteiger partial charge in [0.2, 0.25) is 0 Å². The quantitative estimate of drug-likeness (QED) is 0.587. The van der Waals surface area contributed by atoms with Gasteiger partial charge in [-0.05, 0) is 0 Å². The van der Waals surface area contributed by atoms with E-state index in [9.17, 15) is 9.59 Å². The number of carbonyl (C=O) groups is 2. The molecule has 0 aromatic carbocycles. The average molecular weight is 336 g/mol. The van der Waals surface area contributed by atoms with Gasteiger partial charge in [0.1, 0.15) is 0 Å². The fourth-order valence-corrected chi connectivity index (χ4v) is 8.13. The molecule has 0 spiro atoms. The van der Waals surface area contributed by atoms with Crippen LogP contribution in [-0.4, -0.2) is 11.9 Å². The third kappa shape index (κ3) is 3.04. The summed E-state index contributed by atoms with van der Waals surface area (Å²) in [7, 11) is 0. The molecule has 1 aliphatic rings. The van der Waals surface area contributed by atoms with Gasteiger partial charge in [-0.25, -0.2) is 0 Å². The van der Waals surface area contributed by atoms with Gasteiger partial charge >= 0.3 is 136 Å². The first-order valence-electron chi connectivity index (χ1n) is 6.80. The van der Waals surface area contributed by atoms with Gasteiger partial charge in [0.25, 0.3) is 0 Å². The fraction of sp³-hybridized carbons (Fsp3) is 0.412. The standard InChI is InChI=1S/C10H15.2C3H2O2.CH3.Ti/c1-7-6-10(4,5)9(3)8(7)2;2*1-2-3(4)5;;/h1-5H3;2*1H,(H,4,5);1H3;/q;;;;+2/p-2. The summed E-state index contributed by atoms with van der Waals surface area (Å²) in [5.74, 6) is 2.13. The molecule has 1 aliphatic carbocycles. The van der Waals surface area contributed by atoms with Crippen LogP contribution in [-0.2, 0) is 33.6 Å². The van der Waals surface area contributed by atoms with E-state index in [0.717, 1.165) is 20.6 Å². The van der Waals surface area contributed by atoms with Crippen molar-refractivity contribution in [2.45, 2.75) is 39.8 Å². The second-order valence-electron chi connectivity index (χ2n) is 5.89. The van der Waals surface area contributed by atoms with E-state index >= 15 is 0 Å². The van der Waals surface area contributed by atoms with E-state index in [1.165, 1.54) is 0 Å². The monoisotopic (exact) mass is 336 g/mol. The van der Waals surface area contributed by atoms with Gasteiger partial charge in [-0.15, -0.1) is 0 Å².